The van der Waals surface area contributed by atoms with E-state index in [1.807, 2.05) is 24.0 Å². The van der Waals surface area contributed by atoms with E-state index in [1.54, 1.807) is 6.07 Å². The van der Waals surface area contributed by atoms with Crippen molar-refractivity contribution in [3.63, 3.8) is 0 Å². The van der Waals surface area contributed by atoms with E-state index in [-0.39, 0.29) is 11.8 Å². The average Bonchev–Trinajstić information content (AvgIpc) is 2.51. The number of halogens is 1. The summed E-state index contributed by atoms with van der Waals surface area (Å²) in [5.74, 6) is 0.0566. The average molecular weight is 339 g/mol. The quantitative estimate of drug-likeness (QED) is 0.725. The van der Waals surface area contributed by atoms with Gasteiger partial charge in [-0.2, -0.15) is 0 Å². The monoisotopic (exact) mass is 338 g/mol. The van der Waals surface area contributed by atoms with Gasteiger partial charge in [0.15, 0.2) is 0 Å². The highest BCUT2D eigenvalue weighted by Crippen LogP contribution is 2.23. The summed E-state index contributed by atoms with van der Waals surface area (Å²) < 4.78 is 0. The molecule has 0 saturated carbocycles. The number of carbonyl (C=O) groups is 2. The normalized spacial score (nSPS) is 10.4. The van der Waals surface area contributed by atoms with Crippen molar-refractivity contribution < 1.29 is 9.59 Å². The summed E-state index contributed by atoms with van der Waals surface area (Å²) in [7, 11) is 0. The van der Waals surface area contributed by atoms with Crippen molar-refractivity contribution in [1.29, 1.82) is 0 Å². The highest BCUT2D eigenvalue weighted by Gasteiger charge is 2.13. The Kier molecular flexibility index (Phi) is 8.70. The van der Waals surface area contributed by atoms with Gasteiger partial charge in [0.2, 0.25) is 11.8 Å². The smallest absolute Gasteiger partial charge is 0.224 e. The summed E-state index contributed by atoms with van der Waals surface area (Å²) in [4.78, 5) is 26.0. The SMILES string of the molecule is CCCN(CCC)C(=O)CCCC(=O)Nc1cccc(Cl)c1C. The highest BCUT2D eigenvalue weighted by atomic mass is 35.5. The second-order valence-corrected chi connectivity index (χ2v) is 6.10. The number of rotatable bonds is 9. The number of benzene rings is 1. The van der Waals surface area contributed by atoms with Gasteiger partial charge < -0.3 is 10.2 Å². The Bertz CT molecular complexity index is 526. The Morgan fingerprint density at radius 1 is 1.13 bits per heavy atom. The van der Waals surface area contributed by atoms with Crippen molar-refractivity contribution in [2.75, 3.05) is 18.4 Å². The molecule has 1 rings (SSSR count). The van der Waals surface area contributed by atoms with Gasteiger partial charge in [0.25, 0.3) is 0 Å². The molecule has 0 aliphatic carbocycles. The molecular weight excluding hydrogens is 312 g/mol. The van der Waals surface area contributed by atoms with Gasteiger partial charge in [-0.3, -0.25) is 9.59 Å². The lowest BCUT2D eigenvalue weighted by atomic mass is 10.1. The van der Waals surface area contributed by atoms with Crippen LogP contribution in [0.5, 0.6) is 0 Å². The molecule has 0 spiro atoms. The summed E-state index contributed by atoms with van der Waals surface area (Å²) >= 11 is 6.04. The van der Waals surface area contributed by atoms with Crippen LogP contribution in [0.1, 0.15) is 51.5 Å². The zero-order valence-electron chi connectivity index (χ0n) is 14.3. The molecule has 23 heavy (non-hydrogen) atoms. The molecule has 0 aromatic heterocycles. The van der Waals surface area contributed by atoms with Gasteiger partial charge in [-0.05, 0) is 43.9 Å². The van der Waals surface area contributed by atoms with Crippen molar-refractivity contribution in [3.05, 3.63) is 28.8 Å². The molecule has 5 heteroatoms. The molecule has 0 unspecified atom stereocenters. The molecule has 0 atom stereocenters. The molecular formula is C18H27ClN2O2. The van der Waals surface area contributed by atoms with Crippen molar-refractivity contribution in [1.82, 2.24) is 4.90 Å². The fourth-order valence-electron chi connectivity index (χ4n) is 2.41. The minimum absolute atomic E-state index is 0.0827. The van der Waals surface area contributed by atoms with Crippen LogP contribution in [0.2, 0.25) is 5.02 Å². The molecule has 4 nitrogen and oxygen atoms in total. The predicted octanol–water partition coefficient (Wildman–Crippen LogP) is 4.41. The third kappa shape index (κ3) is 6.61. The third-order valence-electron chi connectivity index (χ3n) is 3.68. The van der Waals surface area contributed by atoms with Gasteiger partial charge in [-0.25, -0.2) is 0 Å². The van der Waals surface area contributed by atoms with Crippen LogP contribution in [0.3, 0.4) is 0 Å². The molecule has 2 amide bonds. The summed E-state index contributed by atoms with van der Waals surface area (Å²) in [6, 6.07) is 5.43. The molecule has 0 aliphatic rings. The second-order valence-electron chi connectivity index (χ2n) is 5.69. The topological polar surface area (TPSA) is 49.4 Å². The van der Waals surface area contributed by atoms with Crippen LogP contribution in [0, 0.1) is 6.92 Å². The number of amides is 2. The summed E-state index contributed by atoms with van der Waals surface area (Å²) in [6.07, 6.45) is 3.24. The van der Waals surface area contributed by atoms with Crippen LogP contribution in [-0.4, -0.2) is 29.8 Å². The molecule has 1 aromatic rings. The van der Waals surface area contributed by atoms with Crippen LogP contribution in [0.4, 0.5) is 5.69 Å². The van der Waals surface area contributed by atoms with Gasteiger partial charge in [-0.15, -0.1) is 0 Å². The van der Waals surface area contributed by atoms with E-state index < -0.39 is 0 Å². The maximum absolute atomic E-state index is 12.1. The van der Waals surface area contributed by atoms with E-state index in [9.17, 15) is 9.59 Å². The van der Waals surface area contributed by atoms with Gasteiger partial charge in [-0.1, -0.05) is 31.5 Å². The van der Waals surface area contributed by atoms with Crippen LogP contribution in [0.25, 0.3) is 0 Å². The molecule has 0 bridgehead atoms. The summed E-state index contributed by atoms with van der Waals surface area (Å²) in [6.45, 7) is 7.59. The standard InChI is InChI=1S/C18H27ClN2O2/c1-4-12-21(13-5-2)18(23)11-7-10-17(22)20-16-9-6-8-15(19)14(16)3/h6,8-9H,4-5,7,10-13H2,1-3H3,(H,20,22). The number of hydrogen-bond acceptors (Lipinski definition) is 2. The fourth-order valence-corrected chi connectivity index (χ4v) is 2.59. The van der Waals surface area contributed by atoms with Crippen LogP contribution in [0.15, 0.2) is 18.2 Å². The lowest BCUT2D eigenvalue weighted by Crippen LogP contribution is -2.32. The lowest BCUT2D eigenvalue weighted by molar-refractivity contribution is -0.131. The number of hydrogen-bond donors (Lipinski definition) is 1. The largest absolute Gasteiger partial charge is 0.343 e. The molecule has 1 aromatic carbocycles. The Labute approximate surface area is 144 Å². The van der Waals surface area contributed by atoms with Crippen LogP contribution < -0.4 is 5.32 Å². The highest BCUT2D eigenvalue weighted by molar-refractivity contribution is 6.31. The van der Waals surface area contributed by atoms with Gasteiger partial charge in [0.05, 0.1) is 0 Å². The van der Waals surface area contributed by atoms with Crippen LogP contribution >= 0.6 is 11.6 Å². The van der Waals surface area contributed by atoms with E-state index in [2.05, 4.69) is 19.2 Å². The van der Waals surface area contributed by atoms with E-state index >= 15 is 0 Å². The molecule has 128 valence electrons. The predicted molar refractivity (Wildman–Crippen MR) is 95.8 cm³/mol. The van der Waals surface area contributed by atoms with Gasteiger partial charge >= 0.3 is 0 Å². The molecule has 0 saturated heterocycles. The van der Waals surface area contributed by atoms with Crippen molar-refractivity contribution in [2.45, 2.75) is 52.9 Å². The van der Waals surface area contributed by atoms with Crippen molar-refractivity contribution in [3.8, 4) is 0 Å². The second kappa shape index (κ2) is 10.3. The first-order chi connectivity index (χ1) is 11.0. The zero-order valence-corrected chi connectivity index (χ0v) is 15.1. The number of nitrogens with one attached hydrogen (secondary N) is 1. The van der Waals surface area contributed by atoms with Crippen molar-refractivity contribution >= 4 is 29.1 Å². The summed E-state index contributed by atoms with van der Waals surface area (Å²) in [5, 5.41) is 3.49. The number of carbonyl (C=O) groups excluding carboxylic acids is 2. The molecule has 0 fully saturated rings. The van der Waals surface area contributed by atoms with E-state index in [1.165, 1.54) is 0 Å². The number of anilines is 1. The molecule has 0 radical (unpaired) electrons. The van der Waals surface area contributed by atoms with E-state index in [0.717, 1.165) is 37.2 Å². The van der Waals surface area contributed by atoms with Crippen LogP contribution in [-0.2, 0) is 9.59 Å². The van der Waals surface area contributed by atoms with E-state index in [0.29, 0.717) is 24.3 Å². The maximum atomic E-state index is 12.1. The van der Waals surface area contributed by atoms with E-state index in [4.69, 9.17) is 11.6 Å². The van der Waals surface area contributed by atoms with Gasteiger partial charge in [0, 0.05) is 36.6 Å². The zero-order chi connectivity index (χ0) is 17.2. The Morgan fingerprint density at radius 3 is 2.39 bits per heavy atom. The minimum atomic E-state index is -0.0827. The fraction of sp³-hybridized carbons (Fsp3) is 0.556. The number of nitrogens with zero attached hydrogens (tertiary/aromatic N) is 1. The van der Waals surface area contributed by atoms with Gasteiger partial charge in [0.1, 0.15) is 0 Å². The Balaban J connectivity index is 2.41. The minimum Gasteiger partial charge on any atom is -0.343 e. The first kappa shape index (κ1) is 19.5. The first-order valence-electron chi connectivity index (χ1n) is 8.32. The van der Waals surface area contributed by atoms with Crippen molar-refractivity contribution in [2.24, 2.45) is 0 Å². The maximum Gasteiger partial charge on any atom is 0.224 e. The molecule has 0 aliphatic heterocycles. The lowest BCUT2D eigenvalue weighted by Gasteiger charge is -2.21. The summed E-state index contributed by atoms with van der Waals surface area (Å²) in [5.41, 5.74) is 1.59. The molecule has 1 N–H and O–H groups in total. The Hall–Kier alpha value is -1.55. The first-order valence-corrected chi connectivity index (χ1v) is 8.70. The third-order valence-corrected chi connectivity index (χ3v) is 4.09. The molecule has 0 heterocycles. The Morgan fingerprint density at radius 2 is 1.78 bits per heavy atom.